The van der Waals surface area contributed by atoms with Gasteiger partial charge in [-0.25, -0.2) is 0 Å². The smallest absolute Gasteiger partial charge is 0.122 e. The van der Waals surface area contributed by atoms with Gasteiger partial charge in [0.1, 0.15) is 30.8 Å². The molecule has 4 rings (SSSR count). The fourth-order valence-corrected chi connectivity index (χ4v) is 3.75. The minimum Gasteiger partial charge on any atom is -0.492 e. The van der Waals surface area contributed by atoms with Crippen molar-refractivity contribution >= 4 is 0 Å². The molecule has 2 atom stereocenters. The molecule has 0 radical (unpaired) electrons. The molecule has 0 bridgehead atoms. The number of benzene rings is 2. The van der Waals surface area contributed by atoms with Gasteiger partial charge in [0.05, 0.1) is 12.6 Å². The SMILES string of the molecule is C=CCc1cc(C(C)(C)c2ccc(OCC3CO3)c(CC=C)c2)ccc1OCC1CN1. The van der Waals surface area contributed by atoms with E-state index in [9.17, 15) is 0 Å². The molecule has 2 aromatic carbocycles. The summed E-state index contributed by atoms with van der Waals surface area (Å²) >= 11 is 0. The maximum absolute atomic E-state index is 6.06. The number of rotatable bonds is 12. The highest BCUT2D eigenvalue weighted by atomic mass is 16.6. The molecule has 4 nitrogen and oxygen atoms in total. The van der Waals surface area contributed by atoms with Crippen molar-refractivity contribution in [3.05, 3.63) is 84.0 Å². The quantitative estimate of drug-likeness (QED) is 0.404. The van der Waals surface area contributed by atoms with E-state index < -0.39 is 0 Å². The maximum Gasteiger partial charge on any atom is 0.122 e. The minimum atomic E-state index is -0.166. The van der Waals surface area contributed by atoms with Crippen LogP contribution in [0.3, 0.4) is 0 Å². The fourth-order valence-electron chi connectivity index (χ4n) is 3.75. The van der Waals surface area contributed by atoms with E-state index >= 15 is 0 Å². The van der Waals surface area contributed by atoms with Gasteiger partial charge in [0.15, 0.2) is 0 Å². The molecule has 0 amide bonds. The second-order valence-corrected chi connectivity index (χ2v) is 8.94. The molecular formula is C27H33NO3. The topological polar surface area (TPSA) is 52.9 Å². The van der Waals surface area contributed by atoms with Crippen molar-refractivity contribution in [1.82, 2.24) is 5.32 Å². The summed E-state index contributed by atoms with van der Waals surface area (Å²) in [5, 5.41) is 3.28. The zero-order valence-electron chi connectivity index (χ0n) is 18.7. The number of hydrogen-bond acceptors (Lipinski definition) is 4. The lowest BCUT2D eigenvalue weighted by Crippen LogP contribution is -2.20. The third-order valence-electron chi connectivity index (χ3n) is 6.05. The first kappa shape index (κ1) is 21.7. The van der Waals surface area contributed by atoms with Gasteiger partial charge < -0.3 is 19.5 Å². The summed E-state index contributed by atoms with van der Waals surface area (Å²) in [5.41, 5.74) is 4.67. The predicted octanol–water partition coefficient (Wildman–Crippen LogP) is 4.60. The lowest BCUT2D eigenvalue weighted by Gasteiger charge is -2.28. The Morgan fingerprint density at radius 2 is 1.48 bits per heavy atom. The van der Waals surface area contributed by atoms with Crippen LogP contribution in [0.1, 0.15) is 36.1 Å². The van der Waals surface area contributed by atoms with Crippen LogP contribution < -0.4 is 14.8 Å². The predicted molar refractivity (Wildman–Crippen MR) is 125 cm³/mol. The van der Waals surface area contributed by atoms with Gasteiger partial charge in [-0.05, 0) is 47.2 Å². The van der Waals surface area contributed by atoms with Crippen LogP contribution in [-0.2, 0) is 23.0 Å². The van der Waals surface area contributed by atoms with E-state index in [0.29, 0.717) is 19.3 Å². The largest absolute Gasteiger partial charge is 0.492 e. The Morgan fingerprint density at radius 3 is 1.94 bits per heavy atom. The molecule has 0 aliphatic carbocycles. The Hall–Kier alpha value is -2.56. The highest BCUT2D eigenvalue weighted by molar-refractivity contribution is 5.48. The number of epoxide rings is 1. The Balaban J connectivity index is 1.59. The van der Waals surface area contributed by atoms with Crippen molar-refractivity contribution in [2.24, 2.45) is 0 Å². The normalized spacial score (nSPS) is 19.5. The number of ether oxygens (including phenoxy) is 3. The van der Waals surface area contributed by atoms with Crippen LogP contribution in [0.25, 0.3) is 0 Å². The third-order valence-corrected chi connectivity index (χ3v) is 6.05. The summed E-state index contributed by atoms with van der Waals surface area (Å²) in [5.74, 6) is 1.87. The van der Waals surface area contributed by atoms with Gasteiger partial charge in [0.25, 0.3) is 0 Å². The molecule has 2 aliphatic heterocycles. The molecule has 164 valence electrons. The summed E-state index contributed by atoms with van der Waals surface area (Å²) in [6.45, 7) is 15.5. The average molecular weight is 420 g/mol. The molecule has 31 heavy (non-hydrogen) atoms. The number of hydrogen-bond donors (Lipinski definition) is 1. The molecule has 2 fully saturated rings. The summed E-state index contributed by atoms with van der Waals surface area (Å²) in [7, 11) is 0. The van der Waals surface area contributed by atoms with Gasteiger partial charge in [-0.3, -0.25) is 0 Å². The molecule has 2 unspecified atom stereocenters. The third kappa shape index (κ3) is 5.38. The van der Waals surface area contributed by atoms with E-state index in [1.807, 2.05) is 12.2 Å². The zero-order valence-corrected chi connectivity index (χ0v) is 18.7. The van der Waals surface area contributed by atoms with Crippen LogP contribution in [-0.4, -0.2) is 38.5 Å². The first-order chi connectivity index (χ1) is 15.0. The summed E-state index contributed by atoms with van der Waals surface area (Å²) < 4.78 is 17.3. The molecular weight excluding hydrogens is 386 g/mol. The molecule has 0 aromatic heterocycles. The van der Waals surface area contributed by atoms with Gasteiger partial charge >= 0.3 is 0 Å². The van der Waals surface area contributed by atoms with Crippen LogP contribution >= 0.6 is 0 Å². The van der Waals surface area contributed by atoms with Gasteiger partial charge in [-0.15, -0.1) is 13.2 Å². The molecule has 0 saturated carbocycles. The van der Waals surface area contributed by atoms with Gasteiger partial charge in [-0.1, -0.05) is 50.3 Å². The highest BCUT2D eigenvalue weighted by Gasteiger charge is 2.27. The van der Waals surface area contributed by atoms with E-state index in [-0.39, 0.29) is 11.5 Å². The minimum absolute atomic E-state index is 0.166. The van der Waals surface area contributed by atoms with Crippen LogP contribution in [0.5, 0.6) is 11.5 Å². The van der Waals surface area contributed by atoms with E-state index in [2.05, 4.69) is 68.7 Å². The van der Waals surface area contributed by atoms with Crippen LogP contribution in [0, 0.1) is 0 Å². The Bertz CT molecular complexity index is 866. The fraction of sp³-hybridized carbons (Fsp3) is 0.407. The number of nitrogens with one attached hydrogen (secondary N) is 1. The van der Waals surface area contributed by atoms with E-state index in [0.717, 1.165) is 43.1 Å². The van der Waals surface area contributed by atoms with Gasteiger partial charge in [0.2, 0.25) is 0 Å². The molecule has 1 N–H and O–H groups in total. The first-order valence-corrected chi connectivity index (χ1v) is 11.1. The van der Waals surface area contributed by atoms with Crippen molar-refractivity contribution in [2.75, 3.05) is 26.4 Å². The van der Waals surface area contributed by atoms with Crippen LogP contribution in [0.2, 0.25) is 0 Å². The Kier molecular flexibility index (Phi) is 6.49. The molecule has 0 spiro atoms. The molecule has 2 aliphatic rings. The van der Waals surface area contributed by atoms with E-state index in [1.165, 1.54) is 16.7 Å². The van der Waals surface area contributed by atoms with Gasteiger partial charge in [0, 0.05) is 12.0 Å². The second-order valence-electron chi connectivity index (χ2n) is 8.94. The summed E-state index contributed by atoms with van der Waals surface area (Å²) in [6, 6.07) is 13.6. The molecule has 2 saturated heterocycles. The second kappa shape index (κ2) is 9.29. The van der Waals surface area contributed by atoms with Crippen molar-refractivity contribution < 1.29 is 14.2 Å². The van der Waals surface area contributed by atoms with Crippen molar-refractivity contribution in [3.63, 3.8) is 0 Å². The van der Waals surface area contributed by atoms with Crippen molar-refractivity contribution in [2.45, 2.75) is 44.2 Å². The van der Waals surface area contributed by atoms with Crippen molar-refractivity contribution in [1.29, 1.82) is 0 Å². The van der Waals surface area contributed by atoms with Crippen molar-refractivity contribution in [3.8, 4) is 11.5 Å². The summed E-state index contributed by atoms with van der Waals surface area (Å²) in [4.78, 5) is 0. The first-order valence-electron chi connectivity index (χ1n) is 11.1. The Labute approximate surface area is 185 Å². The molecule has 2 aromatic rings. The number of allylic oxidation sites excluding steroid dienone is 2. The zero-order chi connectivity index (χ0) is 21.8. The lowest BCUT2D eigenvalue weighted by atomic mass is 9.76. The monoisotopic (exact) mass is 419 g/mol. The van der Waals surface area contributed by atoms with Gasteiger partial charge in [-0.2, -0.15) is 0 Å². The van der Waals surface area contributed by atoms with E-state index in [4.69, 9.17) is 14.2 Å². The maximum atomic E-state index is 6.06. The van der Waals surface area contributed by atoms with Crippen LogP contribution in [0.15, 0.2) is 61.7 Å². The molecule has 4 heteroatoms. The lowest BCUT2D eigenvalue weighted by molar-refractivity contribution is 0.261. The molecule has 2 heterocycles. The standard InChI is InChI=1S/C27H33NO3/c1-5-7-19-13-21(9-11-25(19)30-16-23-15-28-23)27(3,4)22-10-12-26(20(14-22)8-6-2)31-18-24-17-29-24/h5-6,9-14,23-24,28H,1-2,7-8,15-18H2,3-4H3. The summed E-state index contributed by atoms with van der Waals surface area (Å²) in [6.07, 6.45) is 5.67. The Morgan fingerprint density at radius 1 is 0.968 bits per heavy atom. The average Bonchev–Trinajstić information content (AvgIpc) is 3.67. The van der Waals surface area contributed by atoms with Crippen LogP contribution in [0.4, 0.5) is 0 Å². The van der Waals surface area contributed by atoms with E-state index in [1.54, 1.807) is 0 Å². The highest BCUT2D eigenvalue weighted by Crippen LogP contribution is 2.37.